The molecule has 0 bridgehead atoms. The molecule has 3 aliphatic rings. The number of piperidine rings is 1. The second-order valence-electron chi connectivity index (χ2n) is 6.72. The molecule has 9 nitrogen and oxygen atoms in total. The summed E-state index contributed by atoms with van der Waals surface area (Å²) in [6, 6.07) is 1.19. The Morgan fingerprint density at radius 2 is 2.00 bits per heavy atom. The molecule has 3 fully saturated rings. The number of aromatic amines is 1. The van der Waals surface area contributed by atoms with Crippen molar-refractivity contribution in [2.75, 3.05) is 13.1 Å². The number of hydrogen-bond donors (Lipinski definition) is 5. The van der Waals surface area contributed by atoms with Crippen LogP contribution >= 0.6 is 0 Å². The van der Waals surface area contributed by atoms with E-state index < -0.39 is 0 Å². The highest BCUT2D eigenvalue weighted by atomic mass is 16.2. The van der Waals surface area contributed by atoms with Gasteiger partial charge < -0.3 is 10.2 Å². The molecule has 2 amide bonds. The van der Waals surface area contributed by atoms with Crippen molar-refractivity contribution in [3.63, 3.8) is 0 Å². The van der Waals surface area contributed by atoms with Crippen LogP contribution in [-0.4, -0.2) is 57.3 Å². The van der Waals surface area contributed by atoms with Crippen LogP contribution in [0.4, 0.5) is 4.79 Å². The second kappa shape index (κ2) is 6.42. The summed E-state index contributed by atoms with van der Waals surface area (Å²) in [6.45, 7) is 1.55. The lowest BCUT2D eigenvalue weighted by molar-refractivity contribution is 0.171. The zero-order valence-corrected chi connectivity index (χ0v) is 13.1. The highest BCUT2D eigenvalue weighted by Crippen LogP contribution is 2.25. The van der Waals surface area contributed by atoms with Gasteiger partial charge in [0.05, 0.1) is 0 Å². The van der Waals surface area contributed by atoms with Crippen LogP contribution < -0.4 is 21.7 Å². The van der Waals surface area contributed by atoms with Crippen LogP contribution in [0.2, 0.25) is 0 Å². The maximum absolute atomic E-state index is 12.5. The van der Waals surface area contributed by atoms with Crippen molar-refractivity contribution in [3.8, 4) is 0 Å². The molecule has 0 radical (unpaired) electrons. The van der Waals surface area contributed by atoms with E-state index in [-0.39, 0.29) is 12.1 Å². The Kier molecular flexibility index (Phi) is 4.15. The zero-order chi connectivity index (χ0) is 15.6. The fourth-order valence-corrected chi connectivity index (χ4v) is 3.89. The molecule has 1 saturated carbocycles. The molecule has 3 heterocycles. The molecule has 5 N–H and O–H groups in total. The molecule has 3 atom stereocenters. The van der Waals surface area contributed by atoms with E-state index in [1.807, 2.05) is 4.90 Å². The monoisotopic (exact) mass is 320 g/mol. The Bertz CT molecular complexity index is 527. The quantitative estimate of drug-likeness (QED) is 0.507. The zero-order valence-electron chi connectivity index (χ0n) is 13.1. The van der Waals surface area contributed by atoms with Gasteiger partial charge >= 0.3 is 6.03 Å². The van der Waals surface area contributed by atoms with Gasteiger partial charge in [-0.05, 0) is 32.1 Å². The number of H-pyrrole nitrogens is 1. The number of hydrogen-bond acceptors (Lipinski definition) is 6. The van der Waals surface area contributed by atoms with Gasteiger partial charge in [0.1, 0.15) is 12.2 Å². The van der Waals surface area contributed by atoms with Crippen LogP contribution in [0, 0.1) is 0 Å². The molecule has 23 heavy (non-hydrogen) atoms. The maximum Gasteiger partial charge on any atom is 0.317 e. The molecular formula is C14H24N8O. The van der Waals surface area contributed by atoms with Gasteiger partial charge in [-0.25, -0.2) is 20.6 Å². The number of nitrogens with zero attached hydrogens (tertiary/aromatic N) is 3. The Balaban J connectivity index is 1.25. The van der Waals surface area contributed by atoms with Crippen molar-refractivity contribution >= 4 is 6.03 Å². The smallest absolute Gasteiger partial charge is 0.317 e. The fraction of sp³-hybridized carbons (Fsp3) is 0.786. The van der Waals surface area contributed by atoms with Crippen molar-refractivity contribution in [1.82, 2.24) is 41.8 Å². The third-order valence-electron chi connectivity index (χ3n) is 5.30. The Morgan fingerprint density at radius 3 is 2.78 bits per heavy atom. The molecule has 2 saturated heterocycles. The highest BCUT2D eigenvalue weighted by Gasteiger charge is 2.35. The molecule has 3 unspecified atom stereocenters. The first kappa shape index (κ1) is 14.9. The molecule has 1 aromatic rings. The minimum absolute atomic E-state index is 0.0726. The van der Waals surface area contributed by atoms with Crippen molar-refractivity contribution in [2.45, 2.75) is 56.1 Å². The van der Waals surface area contributed by atoms with Gasteiger partial charge in [0.2, 0.25) is 0 Å². The van der Waals surface area contributed by atoms with Crippen molar-refractivity contribution < 1.29 is 4.79 Å². The van der Waals surface area contributed by atoms with Gasteiger partial charge in [-0.2, -0.15) is 10.6 Å². The minimum atomic E-state index is 0.0726. The second-order valence-corrected chi connectivity index (χ2v) is 6.72. The molecular weight excluding hydrogens is 296 g/mol. The summed E-state index contributed by atoms with van der Waals surface area (Å²) in [6.07, 6.45) is 6.48. The maximum atomic E-state index is 12.5. The lowest BCUT2D eigenvalue weighted by atomic mass is 9.88. The predicted octanol–water partition coefficient (Wildman–Crippen LogP) is -0.404. The Morgan fingerprint density at radius 1 is 1.17 bits per heavy atom. The molecule has 4 rings (SSSR count). The predicted molar refractivity (Wildman–Crippen MR) is 83.1 cm³/mol. The third-order valence-corrected chi connectivity index (χ3v) is 5.30. The van der Waals surface area contributed by atoms with Gasteiger partial charge in [-0.1, -0.05) is 0 Å². The normalized spacial score (nSPS) is 31.8. The summed E-state index contributed by atoms with van der Waals surface area (Å²) >= 11 is 0. The molecule has 2 aliphatic heterocycles. The Hall–Kier alpha value is -1.71. The first-order chi connectivity index (χ1) is 11.3. The molecule has 126 valence electrons. The van der Waals surface area contributed by atoms with E-state index in [1.165, 1.54) is 0 Å². The summed E-state index contributed by atoms with van der Waals surface area (Å²) in [7, 11) is 0. The number of urea groups is 1. The molecule has 1 aliphatic carbocycles. The third kappa shape index (κ3) is 3.17. The number of carbonyl (C=O) groups excluding carboxylic acids is 1. The number of carbonyl (C=O) groups is 1. The number of hydrazine groups is 2. The summed E-state index contributed by atoms with van der Waals surface area (Å²) < 4.78 is 0. The van der Waals surface area contributed by atoms with Crippen molar-refractivity contribution in [3.05, 3.63) is 12.2 Å². The van der Waals surface area contributed by atoms with Gasteiger partial charge in [0, 0.05) is 37.1 Å². The lowest BCUT2D eigenvalue weighted by Crippen LogP contribution is -2.52. The number of rotatable bonds is 2. The van der Waals surface area contributed by atoms with E-state index in [4.69, 9.17) is 0 Å². The minimum Gasteiger partial charge on any atom is -0.335 e. The van der Waals surface area contributed by atoms with Gasteiger partial charge in [0.25, 0.3) is 0 Å². The molecule has 9 heteroatoms. The lowest BCUT2D eigenvalue weighted by Gasteiger charge is -2.35. The number of likely N-dealkylation sites (tertiary alicyclic amines) is 1. The SMILES string of the molecule is O=C(NC1CCC2NNNC2C1)N1CCC(c2ncn[nH]2)CC1. The van der Waals surface area contributed by atoms with E-state index in [0.717, 1.165) is 51.0 Å². The van der Waals surface area contributed by atoms with Gasteiger partial charge in [-0.3, -0.25) is 5.10 Å². The molecule has 1 aromatic heterocycles. The van der Waals surface area contributed by atoms with E-state index in [9.17, 15) is 4.79 Å². The van der Waals surface area contributed by atoms with Crippen LogP contribution in [0.25, 0.3) is 0 Å². The number of fused-ring (bicyclic) bond motifs is 1. The first-order valence-corrected chi connectivity index (χ1v) is 8.46. The molecule has 0 aromatic carbocycles. The Labute approximate surface area is 134 Å². The first-order valence-electron chi connectivity index (χ1n) is 8.46. The number of nitrogens with one attached hydrogen (secondary N) is 5. The topological polar surface area (TPSA) is 110 Å². The van der Waals surface area contributed by atoms with Crippen LogP contribution in [0.15, 0.2) is 6.33 Å². The van der Waals surface area contributed by atoms with Gasteiger partial charge in [-0.15, -0.1) is 0 Å². The van der Waals surface area contributed by atoms with Crippen molar-refractivity contribution in [1.29, 1.82) is 0 Å². The van der Waals surface area contributed by atoms with E-state index in [0.29, 0.717) is 18.0 Å². The van der Waals surface area contributed by atoms with E-state index in [1.54, 1.807) is 6.33 Å². The number of amides is 2. The standard InChI is InChI=1S/C14H24N8O/c23-14(17-10-1-2-11-12(7-10)19-21-18-11)22-5-3-9(4-6-22)13-15-8-16-20-13/h8-12,18-19,21H,1-7H2,(H,17,23)(H,15,16,20). The highest BCUT2D eigenvalue weighted by molar-refractivity contribution is 5.74. The summed E-state index contributed by atoms with van der Waals surface area (Å²) in [5.41, 5.74) is 9.42. The van der Waals surface area contributed by atoms with Crippen LogP contribution in [-0.2, 0) is 0 Å². The van der Waals surface area contributed by atoms with Crippen LogP contribution in [0.3, 0.4) is 0 Å². The largest absolute Gasteiger partial charge is 0.335 e. The van der Waals surface area contributed by atoms with Crippen molar-refractivity contribution in [2.24, 2.45) is 0 Å². The average molecular weight is 320 g/mol. The number of aromatic nitrogens is 3. The summed E-state index contributed by atoms with van der Waals surface area (Å²) in [5, 5.41) is 10.1. The summed E-state index contributed by atoms with van der Waals surface area (Å²) in [4.78, 5) is 18.6. The summed E-state index contributed by atoms with van der Waals surface area (Å²) in [5.74, 6) is 1.33. The van der Waals surface area contributed by atoms with Gasteiger partial charge in [0.15, 0.2) is 0 Å². The van der Waals surface area contributed by atoms with Crippen LogP contribution in [0.5, 0.6) is 0 Å². The fourth-order valence-electron chi connectivity index (χ4n) is 3.89. The molecule has 0 spiro atoms. The van der Waals surface area contributed by atoms with E-state index in [2.05, 4.69) is 36.9 Å². The van der Waals surface area contributed by atoms with Crippen LogP contribution in [0.1, 0.15) is 43.8 Å². The average Bonchev–Trinajstić information content (AvgIpc) is 3.26. The van der Waals surface area contributed by atoms with E-state index >= 15 is 0 Å².